The summed E-state index contributed by atoms with van der Waals surface area (Å²) in [6, 6.07) is 3.04. The molecule has 0 bridgehead atoms. The van der Waals surface area contributed by atoms with Crippen LogP contribution in [-0.4, -0.2) is 10.1 Å². The van der Waals surface area contributed by atoms with Crippen LogP contribution in [0.4, 0.5) is 8.78 Å². The highest BCUT2D eigenvalue weighted by Gasteiger charge is 2.18. The molecular formula is C13H15F2N3O. The van der Waals surface area contributed by atoms with Crippen molar-refractivity contribution in [2.24, 2.45) is 11.7 Å². The van der Waals surface area contributed by atoms with E-state index >= 15 is 0 Å². The number of nitrogens with two attached hydrogens (primary N) is 1. The molecule has 0 fully saturated rings. The molecule has 1 aromatic carbocycles. The second-order valence-electron chi connectivity index (χ2n) is 4.73. The average molecular weight is 267 g/mol. The Morgan fingerprint density at radius 3 is 2.68 bits per heavy atom. The number of benzene rings is 1. The van der Waals surface area contributed by atoms with E-state index in [1.54, 1.807) is 0 Å². The van der Waals surface area contributed by atoms with Crippen molar-refractivity contribution in [3.63, 3.8) is 0 Å². The second kappa shape index (κ2) is 5.44. The third-order valence-corrected chi connectivity index (χ3v) is 2.85. The van der Waals surface area contributed by atoms with Crippen molar-refractivity contribution in [1.29, 1.82) is 0 Å². The van der Waals surface area contributed by atoms with Crippen LogP contribution in [0.3, 0.4) is 0 Å². The molecule has 102 valence electrons. The zero-order valence-corrected chi connectivity index (χ0v) is 10.7. The Labute approximate surface area is 109 Å². The van der Waals surface area contributed by atoms with E-state index in [4.69, 9.17) is 10.3 Å². The molecule has 0 saturated carbocycles. The van der Waals surface area contributed by atoms with Gasteiger partial charge in [-0.25, -0.2) is 8.78 Å². The van der Waals surface area contributed by atoms with Gasteiger partial charge in [-0.05, 0) is 17.5 Å². The predicted molar refractivity (Wildman–Crippen MR) is 65.2 cm³/mol. The molecule has 0 saturated heterocycles. The van der Waals surface area contributed by atoms with Crippen molar-refractivity contribution in [2.75, 3.05) is 0 Å². The molecule has 0 unspecified atom stereocenters. The summed E-state index contributed by atoms with van der Waals surface area (Å²) in [7, 11) is 0. The van der Waals surface area contributed by atoms with E-state index in [1.807, 2.05) is 13.8 Å². The summed E-state index contributed by atoms with van der Waals surface area (Å²) in [4.78, 5) is 4.13. The molecule has 1 heterocycles. The molecule has 2 aromatic rings. The van der Waals surface area contributed by atoms with Crippen molar-refractivity contribution < 1.29 is 13.3 Å². The van der Waals surface area contributed by atoms with E-state index in [0.29, 0.717) is 17.3 Å². The zero-order valence-electron chi connectivity index (χ0n) is 10.7. The maximum atomic E-state index is 13.5. The Morgan fingerprint density at radius 1 is 1.32 bits per heavy atom. The van der Waals surface area contributed by atoms with Crippen LogP contribution in [0, 0.1) is 17.6 Å². The van der Waals surface area contributed by atoms with Crippen LogP contribution in [0.1, 0.15) is 37.2 Å². The van der Waals surface area contributed by atoms with Crippen LogP contribution in [0.15, 0.2) is 22.7 Å². The minimum absolute atomic E-state index is 0.139. The largest absolute Gasteiger partial charge is 0.338 e. The average Bonchev–Trinajstić information content (AvgIpc) is 2.80. The Bertz CT molecular complexity index is 569. The fraction of sp³-hybridized carbons (Fsp3) is 0.385. The first-order chi connectivity index (χ1) is 8.97. The monoisotopic (exact) mass is 267 g/mol. The van der Waals surface area contributed by atoms with Crippen LogP contribution >= 0.6 is 0 Å². The van der Waals surface area contributed by atoms with Gasteiger partial charge in [0.2, 0.25) is 5.89 Å². The summed E-state index contributed by atoms with van der Waals surface area (Å²) in [5, 5.41) is 3.75. The molecule has 0 aliphatic rings. The third-order valence-electron chi connectivity index (χ3n) is 2.85. The van der Waals surface area contributed by atoms with E-state index in [1.165, 1.54) is 12.1 Å². The summed E-state index contributed by atoms with van der Waals surface area (Å²) in [5.41, 5.74) is 6.19. The van der Waals surface area contributed by atoms with Crippen LogP contribution in [0.2, 0.25) is 0 Å². The van der Waals surface area contributed by atoms with Crippen LogP contribution < -0.4 is 5.73 Å². The lowest BCUT2D eigenvalue weighted by Gasteiger charge is -2.09. The number of nitrogens with zero attached hydrogens (tertiary/aromatic N) is 2. The summed E-state index contributed by atoms with van der Waals surface area (Å²) in [6.07, 6.45) is 0.139. The lowest BCUT2D eigenvalue weighted by atomic mass is 10.1. The molecular weight excluding hydrogens is 252 g/mol. The van der Waals surface area contributed by atoms with E-state index in [-0.39, 0.29) is 18.4 Å². The maximum Gasteiger partial charge on any atom is 0.243 e. The van der Waals surface area contributed by atoms with Crippen LogP contribution in [0.25, 0.3) is 0 Å². The highest BCUT2D eigenvalue weighted by atomic mass is 19.1. The van der Waals surface area contributed by atoms with Crippen LogP contribution in [0.5, 0.6) is 0 Å². The number of halogens is 2. The van der Waals surface area contributed by atoms with Gasteiger partial charge in [-0.15, -0.1) is 0 Å². The molecule has 2 rings (SSSR count). The fourth-order valence-electron chi connectivity index (χ4n) is 1.60. The van der Waals surface area contributed by atoms with Gasteiger partial charge in [-0.3, -0.25) is 0 Å². The van der Waals surface area contributed by atoms with Gasteiger partial charge in [0.25, 0.3) is 0 Å². The van der Waals surface area contributed by atoms with Crippen molar-refractivity contribution in [3.8, 4) is 0 Å². The fourth-order valence-corrected chi connectivity index (χ4v) is 1.60. The zero-order chi connectivity index (χ0) is 14.0. The molecule has 19 heavy (non-hydrogen) atoms. The number of aromatic nitrogens is 2. The molecule has 4 nitrogen and oxygen atoms in total. The first-order valence-corrected chi connectivity index (χ1v) is 5.99. The predicted octanol–water partition coefficient (Wildman–Crippen LogP) is 2.59. The lowest BCUT2D eigenvalue weighted by Crippen LogP contribution is -2.17. The molecule has 1 atom stereocenters. The van der Waals surface area contributed by atoms with E-state index in [9.17, 15) is 8.78 Å². The summed E-state index contributed by atoms with van der Waals surface area (Å²) in [6.45, 7) is 3.88. The van der Waals surface area contributed by atoms with E-state index in [0.717, 1.165) is 6.07 Å². The van der Waals surface area contributed by atoms with E-state index < -0.39 is 11.6 Å². The number of hydrogen-bond donors (Lipinski definition) is 1. The first kappa shape index (κ1) is 13.6. The molecule has 0 aliphatic heterocycles. The first-order valence-electron chi connectivity index (χ1n) is 5.99. The maximum absolute atomic E-state index is 13.5. The van der Waals surface area contributed by atoms with E-state index in [2.05, 4.69) is 10.1 Å². The summed E-state index contributed by atoms with van der Waals surface area (Å²) in [5.74, 6) is -0.420. The minimum Gasteiger partial charge on any atom is -0.338 e. The van der Waals surface area contributed by atoms with Gasteiger partial charge in [0.15, 0.2) is 5.82 Å². The third kappa shape index (κ3) is 3.14. The molecule has 2 N–H and O–H groups in total. The molecule has 0 radical (unpaired) electrons. The Balaban J connectivity index is 2.16. The number of rotatable bonds is 4. The SMILES string of the molecule is CC(C)[C@@H](N)c1nc(Cc2ccc(F)cc2F)no1. The Kier molecular flexibility index (Phi) is 3.90. The van der Waals surface area contributed by atoms with Crippen molar-refractivity contribution in [1.82, 2.24) is 10.1 Å². The van der Waals surface area contributed by atoms with Gasteiger partial charge >= 0.3 is 0 Å². The molecule has 6 heteroatoms. The minimum atomic E-state index is -0.625. The summed E-state index contributed by atoms with van der Waals surface area (Å²) >= 11 is 0. The van der Waals surface area contributed by atoms with Gasteiger partial charge < -0.3 is 10.3 Å². The van der Waals surface area contributed by atoms with Crippen molar-refractivity contribution >= 4 is 0 Å². The Hall–Kier alpha value is -1.82. The normalized spacial score (nSPS) is 12.9. The molecule has 1 aromatic heterocycles. The van der Waals surface area contributed by atoms with Crippen molar-refractivity contribution in [2.45, 2.75) is 26.3 Å². The molecule has 0 spiro atoms. The van der Waals surface area contributed by atoms with Gasteiger partial charge in [0.1, 0.15) is 11.6 Å². The quantitative estimate of drug-likeness (QED) is 0.924. The van der Waals surface area contributed by atoms with Crippen LogP contribution in [-0.2, 0) is 6.42 Å². The van der Waals surface area contributed by atoms with Gasteiger partial charge in [0, 0.05) is 12.5 Å². The Morgan fingerprint density at radius 2 is 2.05 bits per heavy atom. The highest BCUT2D eigenvalue weighted by molar-refractivity contribution is 5.21. The number of hydrogen-bond acceptors (Lipinski definition) is 4. The van der Waals surface area contributed by atoms with Crippen molar-refractivity contribution in [3.05, 3.63) is 47.1 Å². The smallest absolute Gasteiger partial charge is 0.243 e. The molecule has 0 aliphatic carbocycles. The van der Waals surface area contributed by atoms with Gasteiger partial charge in [-0.2, -0.15) is 4.98 Å². The van der Waals surface area contributed by atoms with Gasteiger partial charge in [0.05, 0.1) is 6.04 Å². The second-order valence-corrected chi connectivity index (χ2v) is 4.73. The standard InChI is InChI=1S/C13H15F2N3O/c1-7(2)12(16)13-17-11(18-19-13)5-8-3-4-9(14)6-10(8)15/h3-4,6-7,12H,5,16H2,1-2H3/t12-/m1/s1. The molecule has 0 amide bonds. The highest BCUT2D eigenvalue weighted by Crippen LogP contribution is 2.18. The lowest BCUT2D eigenvalue weighted by molar-refractivity contribution is 0.322. The van der Waals surface area contributed by atoms with Gasteiger partial charge in [-0.1, -0.05) is 25.1 Å². The summed E-state index contributed by atoms with van der Waals surface area (Å²) < 4.78 is 31.3. The topological polar surface area (TPSA) is 64.9 Å².